The zero-order chi connectivity index (χ0) is 10.7. The van der Waals surface area contributed by atoms with E-state index in [1.165, 1.54) is 0 Å². The number of aliphatic hydroxyl groups excluding tert-OH is 2. The van der Waals surface area contributed by atoms with Gasteiger partial charge in [-0.05, 0) is 32.1 Å². The van der Waals surface area contributed by atoms with E-state index in [4.69, 9.17) is 0 Å². The number of aliphatic hydroxyl groups is 2. The van der Waals surface area contributed by atoms with Crippen LogP contribution in [0.25, 0.3) is 0 Å². The van der Waals surface area contributed by atoms with E-state index < -0.39 is 6.10 Å². The molecule has 1 aliphatic carbocycles. The molecule has 0 spiro atoms. The molecule has 0 aliphatic heterocycles. The highest BCUT2D eigenvalue weighted by atomic mass is 16.3. The van der Waals surface area contributed by atoms with Crippen LogP contribution in [-0.4, -0.2) is 22.6 Å². The van der Waals surface area contributed by atoms with Crippen molar-refractivity contribution in [1.29, 1.82) is 0 Å². The number of carbonyl (C=O) groups excluding carboxylic acids is 1. The van der Waals surface area contributed by atoms with E-state index in [0.717, 1.165) is 19.1 Å². The van der Waals surface area contributed by atoms with Gasteiger partial charge in [-0.3, -0.25) is 0 Å². The van der Waals surface area contributed by atoms with Crippen LogP contribution in [0, 0.1) is 17.8 Å². The Balaban J connectivity index is 2.63. The Morgan fingerprint density at radius 2 is 2.21 bits per heavy atom. The Kier molecular flexibility index (Phi) is 3.69. The lowest BCUT2D eigenvalue weighted by molar-refractivity contribution is -0.116. The summed E-state index contributed by atoms with van der Waals surface area (Å²) in [6.45, 7) is 5.21. The van der Waals surface area contributed by atoms with E-state index in [-0.39, 0.29) is 23.5 Å². The summed E-state index contributed by atoms with van der Waals surface area (Å²) >= 11 is 0. The first-order valence-corrected chi connectivity index (χ1v) is 5.07. The van der Waals surface area contributed by atoms with Crippen molar-refractivity contribution >= 4 is 6.29 Å². The summed E-state index contributed by atoms with van der Waals surface area (Å²) in [5, 5.41) is 18.7. The maximum atomic E-state index is 10.8. The summed E-state index contributed by atoms with van der Waals surface area (Å²) in [6, 6.07) is 0. The monoisotopic (exact) mass is 198 g/mol. The molecule has 1 saturated carbocycles. The third-order valence-electron chi connectivity index (χ3n) is 3.22. The molecule has 1 aliphatic rings. The summed E-state index contributed by atoms with van der Waals surface area (Å²) in [5.74, 6) is 0.0989. The quantitative estimate of drug-likeness (QED) is 0.535. The van der Waals surface area contributed by atoms with Crippen LogP contribution >= 0.6 is 0 Å². The summed E-state index contributed by atoms with van der Waals surface area (Å²) < 4.78 is 0. The van der Waals surface area contributed by atoms with Crippen molar-refractivity contribution in [2.75, 3.05) is 0 Å². The third kappa shape index (κ3) is 2.35. The molecule has 2 N–H and O–H groups in total. The zero-order valence-corrected chi connectivity index (χ0v) is 8.52. The average Bonchev–Trinajstić information content (AvgIpc) is 2.16. The van der Waals surface area contributed by atoms with Crippen LogP contribution in [-0.2, 0) is 4.79 Å². The van der Waals surface area contributed by atoms with E-state index in [2.05, 4.69) is 6.58 Å². The number of allylic oxidation sites excluding steroid dienone is 1. The Hall–Kier alpha value is -0.830. The van der Waals surface area contributed by atoms with Crippen molar-refractivity contribution in [3.8, 4) is 0 Å². The SMILES string of the molecule is C=C(O)C1CCC(C(C)O)C(C=O)C1. The molecule has 4 atom stereocenters. The lowest BCUT2D eigenvalue weighted by Gasteiger charge is -2.34. The van der Waals surface area contributed by atoms with Crippen molar-refractivity contribution in [3.05, 3.63) is 12.3 Å². The molecule has 3 nitrogen and oxygen atoms in total. The Labute approximate surface area is 84.4 Å². The predicted octanol–water partition coefficient (Wildman–Crippen LogP) is 1.67. The fraction of sp³-hybridized carbons (Fsp3) is 0.727. The molecule has 0 bridgehead atoms. The fourth-order valence-corrected chi connectivity index (χ4v) is 2.29. The number of aldehydes is 1. The predicted molar refractivity (Wildman–Crippen MR) is 53.8 cm³/mol. The number of hydrogen-bond donors (Lipinski definition) is 2. The van der Waals surface area contributed by atoms with Gasteiger partial charge in [0.1, 0.15) is 6.29 Å². The molecule has 0 heterocycles. The highest BCUT2D eigenvalue weighted by molar-refractivity contribution is 5.54. The molecule has 14 heavy (non-hydrogen) atoms. The average molecular weight is 198 g/mol. The van der Waals surface area contributed by atoms with Gasteiger partial charge < -0.3 is 15.0 Å². The summed E-state index contributed by atoms with van der Waals surface area (Å²) in [7, 11) is 0. The molecule has 0 amide bonds. The van der Waals surface area contributed by atoms with Crippen molar-refractivity contribution in [3.63, 3.8) is 0 Å². The second-order valence-electron chi connectivity index (χ2n) is 4.21. The van der Waals surface area contributed by atoms with Gasteiger partial charge in [0.15, 0.2) is 0 Å². The standard InChI is InChI=1S/C11H18O3/c1-7(13)9-3-4-11(8(2)14)10(5-9)6-12/h6,8-11,13-14H,1,3-5H2,2H3. The van der Waals surface area contributed by atoms with Gasteiger partial charge in [-0.15, -0.1) is 0 Å². The maximum Gasteiger partial charge on any atom is 0.123 e. The van der Waals surface area contributed by atoms with Gasteiger partial charge in [-0.25, -0.2) is 0 Å². The molecular formula is C11H18O3. The minimum atomic E-state index is -0.446. The summed E-state index contributed by atoms with van der Waals surface area (Å²) in [6.07, 6.45) is 2.67. The smallest absolute Gasteiger partial charge is 0.123 e. The van der Waals surface area contributed by atoms with Gasteiger partial charge in [-0.1, -0.05) is 6.58 Å². The number of carbonyl (C=O) groups is 1. The topological polar surface area (TPSA) is 57.5 Å². The van der Waals surface area contributed by atoms with Crippen LogP contribution in [0.15, 0.2) is 12.3 Å². The lowest BCUT2D eigenvalue weighted by atomic mass is 9.72. The van der Waals surface area contributed by atoms with Crippen molar-refractivity contribution in [1.82, 2.24) is 0 Å². The van der Waals surface area contributed by atoms with Crippen LogP contribution in [0.2, 0.25) is 0 Å². The molecule has 1 fully saturated rings. The Morgan fingerprint density at radius 3 is 2.64 bits per heavy atom. The minimum Gasteiger partial charge on any atom is -0.513 e. The van der Waals surface area contributed by atoms with Crippen molar-refractivity contribution in [2.45, 2.75) is 32.3 Å². The molecule has 80 valence electrons. The van der Waals surface area contributed by atoms with E-state index in [0.29, 0.717) is 6.42 Å². The summed E-state index contributed by atoms with van der Waals surface area (Å²) in [5.41, 5.74) is 0. The molecule has 1 rings (SSSR count). The van der Waals surface area contributed by atoms with Gasteiger partial charge in [0.25, 0.3) is 0 Å². The molecule has 4 unspecified atom stereocenters. The number of rotatable bonds is 3. The van der Waals surface area contributed by atoms with E-state index >= 15 is 0 Å². The highest BCUT2D eigenvalue weighted by Crippen LogP contribution is 2.36. The third-order valence-corrected chi connectivity index (χ3v) is 3.22. The molecule has 0 aromatic rings. The largest absolute Gasteiger partial charge is 0.513 e. The second-order valence-corrected chi connectivity index (χ2v) is 4.21. The van der Waals surface area contributed by atoms with Crippen LogP contribution in [0.5, 0.6) is 0 Å². The molecule has 3 heteroatoms. The normalized spacial score (nSPS) is 34.9. The fourth-order valence-electron chi connectivity index (χ4n) is 2.29. The Bertz CT molecular complexity index is 223. The van der Waals surface area contributed by atoms with Gasteiger partial charge in [0.2, 0.25) is 0 Å². The van der Waals surface area contributed by atoms with Crippen LogP contribution < -0.4 is 0 Å². The number of hydrogen-bond acceptors (Lipinski definition) is 3. The van der Waals surface area contributed by atoms with Crippen molar-refractivity contribution in [2.24, 2.45) is 17.8 Å². The molecule has 0 radical (unpaired) electrons. The second kappa shape index (κ2) is 4.60. The first-order valence-electron chi connectivity index (χ1n) is 5.07. The molecule has 0 aromatic carbocycles. The molecule has 0 saturated heterocycles. The maximum absolute atomic E-state index is 10.8. The van der Waals surface area contributed by atoms with Gasteiger partial charge >= 0.3 is 0 Å². The first-order chi connectivity index (χ1) is 6.56. The van der Waals surface area contributed by atoms with Gasteiger partial charge in [-0.2, -0.15) is 0 Å². The minimum absolute atomic E-state index is 0.0280. The van der Waals surface area contributed by atoms with Gasteiger partial charge in [0.05, 0.1) is 11.9 Å². The van der Waals surface area contributed by atoms with Crippen LogP contribution in [0.1, 0.15) is 26.2 Å². The van der Waals surface area contributed by atoms with E-state index in [9.17, 15) is 15.0 Å². The molecular weight excluding hydrogens is 180 g/mol. The lowest BCUT2D eigenvalue weighted by Crippen LogP contribution is -2.33. The zero-order valence-electron chi connectivity index (χ0n) is 8.52. The molecule has 0 aromatic heterocycles. The van der Waals surface area contributed by atoms with Crippen LogP contribution in [0.3, 0.4) is 0 Å². The highest BCUT2D eigenvalue weighted by Gasteiger charge is 2.33. The Morgan fingerprint density at radius 1 is 1.57 bits per heavy atom. The van der Waals surface area contributed by atoms with E-state index in [1.807, 2.05) is 0 Å². The van der Waals surface area contributed by atoms with Gasteiger partial charge in [0, 0.05) is 11.8 Å². The van der Waals surface area contributed by atoms with Crippen molar-refractivity contribution < 1.29 is 15.0 Å². The first kappa shape index (κ1) is 11.2. The van der Waals surface area contributed by atoms with E-state index in [1.54, 1.807) is 6.92 Å². The van der Waals surface area contributed by atoms with Crippen LogP contribution in [0.4, 0.5) is 0 Å². The summed E-state index contributed by atoms with van der Waals surface area (Å²) in [4.78, 5) is 10.8.